The molecular weight excluding hydrogens is 303 g/mol. The third kappa shape index (κ3) is 2.84. The number of aromatic nitrogens is 2. The van der Waals surface area contributed by atoms with Crippen LogP contribution in [0.4, 0.5) is 4.39 Å². The first-order valence-electron chi connectivity index (χ1n) is 4.97. The molecule has 0 bridgehead atoms. The molecule has 0 saturated heterocycles. The van der Waals surface area contributed by atoms with Gasteiger partial charge in [-0.05, 0) is 39.7 Å². The van der Waals surface area contributed by atoms with Crippen LogP contribution in [-0.2, 0) is 4.79 Å². The van der Waals surface area contributed by atoms with E-state index in [-0.39, 0.29) is 0 Å². The maximum Gasteiger partial charge on any atom is 0.328 e. The second kappa shape index (κ2) is 5.14. The standard InChI is InChI=1S/C12H8BrFN2O2/c13-9-6-15-16(7-9)11-3-1-8(5-10(11)14)2-4-12(17)18/h1-7H,(H,17,18). The Labute approximate surface area is 110 Å². The van der Waals surface area contributed by atoms with Gasteiger partial charge in [-0.25, -0.2) is 13.9 Å². The molecule has 0 amide bonds. The Balaban J connectivity index is 2.33. The minimum atomic E-state index is -1.07. The van der Waals surface area contributed by atoms with Gasteiger partial charge >= 0.3 is 5.97 Å². The van der Waals surface area contributed by atoms with E-state index in [0.717, 1.165) is 10.5 Å². The summed E-state index contributed by atoms with van der Waals surface area (Å²) in [5.74, 6) is -1.55. The van der Waals surface area contributed by atoms with Crippen LogP contribution < -0.4 is 0 Å². The number of halogens is 2. The van der Waals surface area contributed by atoms with Crippen molar-refractivity contribution >= 4 is 28.0 Å². The number of hydrogen-bond donors (Lipinski definition) is 1. The van der Waals surface area contributed by atoms with Crippen LogP contribution in [0.3, 0.4) is 0 Å². The summed E-state index contributed by atoms with van der Waals surface area (Å²) >= 11 is 3.23. The highest BCUT2D eigenvalue weighted by Gasteiger charge is 2.06. The smallest absolute Gasteiger partial charge is 0.328 e. The second-order valence-electron chi connectivity index (χ2n) is 3.49. The lowest BCUT2D eigenvalue weighted by Crippen LogP contribution is -1.98. The van der Waals surface area contributed by atoms with Gasteiger partial charge in [-0.15, -0.1) is 0 Å². The van der Waals surface area contributed by atoms with Crippen molar-refractivity contribution in [3.8, 4) is 5.69 Å². The van der Waals surface area contributed by atoms with E-state index in [9.17, 15) is 9.18 Å². The van der Waals surface area contributed by atoms with Gasteiger partial charge in [0.2, 0.25) is 0 Å². The number of carbonyl (C=O) groups is 1. The van der Waals surface area contributed by atoms with Crippen molar-refractivity contribution in [2.24, 2.45) is 0 Å². The Morgan fingerprint density at radius 2 is 2.28 bits per heavy atom. The summed E-state index contributed by atoms with van der Waals surface area (Å²) in [7, 11) is 0. The molecule has 0 aliphatic rings. The zero-order valence-corrected chi connectivity index (χ0v) is 10.6. The van der Waals surface area contributed by atoms with Crippen LogP contribution in [0.25, 0.3) is 11.8 Å². The van der Waals surface area contributed by atoms with Crippen molar-refractivity contribution in [1.82, 2.24) is 9.78 Å². The molecule has 1 N–H and O–H groups in total. The van der Waals surface area contributed by atoms with E-state index < -0.39 is 11.8 Å². The number of aliphatic carboxylic acids is 1. The van der Waals surface area contributed by atoms with Gasteiger partial charge in [-0.2, -0.15) is 5.10 Å². The SMILES string of the molecule is O=C(O)C=Cc1ccc(-n2cc(Br)cn2)c(F)c1. The van der Waals surface area contributed by atoms with E-state index in [1.807, 2.05) is 0 Å². The lowest BCUT2D eigenvalue weighted by Gasteiger charge is -2.03. The first-order valence-corrected chi connectivity index (χ1v) is 5.76. The molecule has 0 spiro atoms. The number of hydrogen-bond acceptors (Lipinski definition) is 2. The summed E-state index contributed by atoms with van der Waals surface area (Å²) in [6.45, 7) is 0. The molecule has 0 radical (unpaired) electrons. The van der Waals surface area contributed by atoms with Crippen molar-refractivity contribution in [3.05, 3.63) is 52.5 Å². The summed E-state index contributed by atoms with van der Waals surface area (Å²) < 4.78 is 16.0. The molecule has 0 aliphatic heterocycles. The van der Waals surface area contributed by atoms with Gasteiger partial charge in [0.25, 0.3) is 0 Å². The zero-order chi connectivity index (χ0) is 13.1. The number of benzene rings is 1. The minimum Gasteiger partial charge on any atom is -0.478 e. The van der Waals surface area contributed by atoms with Crippen molar-refractivity contribution in [1.29, 1.82) is 0 Å². The van der Waals surface area contributed by atoms with Crippen LogP contribution in [0.1, 0.15) is 5.56 Å². The molecule has 2 aromatic rings. The number of nitrogens with zero attached hydrogens (tertiary/aromatic N) is 2. The monoisotopic (exact) mass is 310 g/mol. The van der Waals surface area contributed by atoms with Gasteiger partial charge in [-0.3, -0.25) is 0 Å². The molecule has 0 fully saturated rings. The molecule has 2 rings (SSSR count). The first kappa shape index (κ1) is 12.5. The predicted molar refractivity (Wildman–Crippen MR) is 67.9 cm³/mol. The Morgan fingerprint density at radius 3 is 2.83 bits per heavy atom. The average molecular weight is 311 g/mol. The fraction of sp³-hybridized carbons (Fsp3) is 0. The fourth-order valence-electron chi connectivity index (χ4n) is 1.41. The van der Waals surface area contributed by atoms with E-state index >= 15 is 0 Å². The fourth-order valence-corrected chi connectivity index (χ4v) is 1.70. The molecule has 6 heteroatoms. The molecule has 92 valence electrons. The normalized spacial score (nSPS) is 11.0. The Bertz CT molecular complexity index is 622. The van der Waals surface area contributed by atoms with Crippen LogP contribution in [0.2, 0.25) is 0 Å². The van der Waals surface area contributed by atoms with Crippen molar-refractivity contribution < 1.29 is 14.3 Å². The molecule has 0 saturated carbocycles. The molecule has 0 unspecified atom stereocenters. The largest absolute Gasteiger partial charge is 0.478 e. The Hall–Kier alpha value is -1.95. The van der Waals surface area contributed by atoms with Crippen LogP contribution in [-0.4, -0.2) is 20.9 Å². The number of carboxylic acid groups (broad SMARTS) is 1. The lowest BCUT2D eigenvalue weighted by atomic mass is 10.2. The van der Waals surface area contributed by atoms with Crippen LogP contribution >= 0.6 is 15.9 Å². The zero-order valence-electron chi connectivity index (χ0n) is 9.05. The molecule has 1 heterocycles. The highest BCUT2D eigenvalue weighted by molar-refractivity contribution is 9.10. The van der Waals surface area contributed by atoms with Crippen LogP contribution in [0.15, 0.2) is 41.1 Å². The van der Waals surface area contributed by atoms with E-state index in [0.29, 0.717) is 11.3 Å². The third-order valence-electron chi connectivity index (χ3n) is 2.19. The minimum absolute atomic E-state index is 0.299. The maximum atomic E-state index is 13.8. The lowest BCUT2D eigenvalue weighted by molar-refractivity contribution is -0.131. The Morgan fingerprint density at radius 1 is 1.50 bits per heavy atom. The predicted octanol–water partition coefficient (Wildman–Crippen LogP) is 2.87. The van der Waals surface area contributed by atoms with Gasteiger partial charge in [0, 0.05) is 12.3 Å². The third-order valence-corrected chi connectivity index (χ3v) is 2.60. The topological polar surface area (TPSA) is 55.1 Å². The van der Waals surface area contributed by atoms with E-state index in [1.54, 1.807) is 18.5 Å². The van der Waals surface area contributed by atoms with Gasteiger partial charge in [0.15, 0.2) is 0 Å². The van der Waals surface area contributed by atoms with Gasteiger partial charge in [0.05, 0.1) is 10.7 Å². The number of carboxylic acids is 1. The summed E-state index contributed by atoms with van der Waals surface area (Å²) in [4.78, 5) is 10.3. The molecule has 18 heavy (non-hydrogen) atoms. The highest BCUT2D eigenvalue weighted by Crippen LogP contribution is 2.17. The van der Waals surface area contributed by atoms with Gasteiger partial charge in [-0.1, -0.05) is 6.07 Å². The second-order valence-corrected chi connectivity index (χ2v) is 4.40. The maximum absolute atomic E-state index is 13.8. The molecular formula is C12H8BrFN2O2. The molecule has 1 aromatic carbocycles. The first-order chi connectivity index (χ1) is 8.56. The van der Waals surface area contributed by atoms with E-state index in [4.69, 9.17) is 5.11 Å². The summed E-state index contributed by atoms with van der Waals surface area (Å²) in [5.41, 5.74) is 0.776. The van der Waals surface area contributed by atoms with E-state index in [1.165, 1.54) is 22.9 Å². The molecule has 4 nitrogen and oxygen atoms in total. The van der Waals surface area contributed by atoms with E-state index in [2.05, 4.69) is 21.0 Å². The highest BCUT2D eigenvalue weighted by atomic mass is 79.9. The van der Waals surface area contributed by atoms with Crippen molar-refractivity contribution in [3.63, 3.8) is 0 Å². The summed E-state index contributed by atoms with van der Waals surface area (Å²) in [6, 6.07) is 4.41. The average Bonchev–Trinajstić information content (AvgIpc) is 2.73. The summed E-state index contributed by atoms with van der Waals surface area (Å²) in [5, 5.41) is 12.4. The van der Waals surface area contributed by atoms with Gasteiger partial charge in [0.1, 0.15) is 11.5 Å². The molecule has 0 aliphatic carbocycles. The van der Waals surface area contributed by atoms with Crippen LogP contribution in [0.5, 0.6) is 0 Å². The van der Waals surface area contributed by atoms with Crippen LogP contribution in [0, 0.1) is 5.82 Å². The Kier molecular flexibility index (Phi) is 3.57. The molecule has 0 atom stereocenters. The van der Waals surface area contributed by atoms with Crippen molar-refractivity contribution in [2.75, 3.05) is 0 Å². The quantitative estimate of drug-likeness (QED) is 0.887. The van der Waals surface area contributed by atoms with Gasteiger partial charge < -0.3 is 5.11 Å². The molecule has 1 aromatic heterocycles. The van der Waals surface area contributed by atoms with Crippen molar-refractivity contribution in [2.45, 2.75) is 0 Å². The summed E-state index contributed by atoms with van der Waals surface area (Å²) in [6.07, 6.45) is 5.47. The number of rotatable bonds is 3.